The summed E-state index contributed by atoms with van der Waals surface area (Å²) >= 11 is 0. The first-order valence-corrected chi connectivity index (χ1v) is 8.89. The number of hydrogen-bond acceptors (Lipinski definition) is 3. The van der Waals surface area contributed by atoms with Crippen LogP contribution < -0.4 is 0 Å². The Morgan fingerprint density at radius 2 is 1.91 bits per heavy atom. The van der Waals surface area contributed by atoms with Gasteiger partial charge in [-0.3, -0.25) is 9.59 Å². The van der Waals surface area contributed by atoms with Crippen LogP contribution in [0.4, 0.5) is 4.39 Å². The molecule has 0 aromatic heterocycles. The van der Waals surface area contributed by atoms with E-state index in [-0.39, 0.29) is 34.7 Å². The highest BCUT2D eigenvalue weighted by atomic mass is 19.1. The first kappa shape index (κ1) is 15.5. The van der Waals surface area contributed by atoms with Crippen LogP contribution in [0.15, 0.2) is 11.6 Å². The van der Waals surface area contributed by atoms with E-state index in [4.69, 9.17) is 0 Å². The monoisotopic (exact) mass is 320 g/mol. The third kappa shape index (κ3) is 1.84. The fourth-order valence-electron chi connectivity index (χ4n) is 6.31. The first-order valence-electron chi connectivity index (χ1n) is 8.89. The predicted molar refractivity (Wildman–Crippen MR) is 83.4 cm³/mol. The van der Waals surface area contributed by atoms with E-state index in [2.05, 4.69) is 6.92 Å². The maximum absolute atomic E-state index is 14.9. The van der Waals surface area contributed by atoms with Gasteiger partial charge in [0.05, 0.1) is 11.5 Å². The number of aliphatic hydroxyl groups is 1. The van der Waals surface area contributed by atoms with E-state index < -0.39 is 17.7 Å². The van der Waals surface area contributed by atoms with Gasteiger partial charge >= 0.3 is 0 Å². The Labute approximate surface area is 136 Å². The van der Waals surface area contributed by atoms with E-state index in [0.29, 0.717) is 37.7 Å². The van der Waals surface area contributed by atoms with E-state index in [1.54, 1.807) is 0 Å². The highest BCUT2D eigenvalue weighted by Gasteiger charge is 2.63. The molecular weight excluding hydrogens is 295 g/mol. The number of Topliss-reactive ketones (excluding diaryl/α,β-unsaturated/α-hetero) is 1. The van der Waals surface area contributed by atoms with Crippen molar-refractivity contribution in [2.45, 2.75) is 64.6 Å². The Hall–Kier alpha value is -1.03. The minimum atomic E-state index is -1.08. The van der Waals surface area contributed by atoms with Gasteiger partial charge in [-0.25, -0.2) is 4.39 Å². The molecule has 0 radical (unpaired) electrons. The summed E-state index contributed by atoms with van der Waals surface area (Å²) in [6.07, 6.45) is 3.18. The van der Waals surface area contributed by atoms with Crippen LogP contribution in [0.5, 0.6) is 0 Å². The summed E-state index contributed by atoms with van der Waals surface area (Å²) in [4.78, 5) is 24.2. The molecule has 7 atom stereocenters. The lowest BCUT2D eigenvalue weighted by Gasteiger charge is -2.58. The zero-order chi connectivity index (χ0) is 16.6. The second kappa shape index (κ2) is 4.75. The van der Waals surface area contributed by atoms with Crippen LogP contribution in [0.25, 0.3) is 0 Å². The van der Waals surface area contributed by atoms with Gasteiger partial charge < -0.3 is 5.11 Å². The Kier molecular flexibility index (Phi) is 3.20. The lowest BCUT2D eigenvalue weighted by Crippen LogP contribution is -2.58. The molecule has 0 aliphatic heterocycles. The number of allylic oxidation sites excluding steroid dienone is 1. The molecule has 4 rings (SSSR count). The number of ketones is 2. The quantitative estimate of drug-likeness (QED) is 0.746. The van der Waals surface area contributed by atoms with Gasteiger partial charge in [-0.2, -0.15) is 0 Å². The van der Waals surface area contributed by atoms with E-state index >= 15 is 0 Å². The largest absolute Gasteiger partial charge is 0.392 e. The third-order valence-corrected chi connectivity index (χ3v) is 7.76. The summed E-state index contributed by atoms with van der Waals surface area (Å²) in [5.74, 6) is 0.566. The molecule has 3 saturated carbocycles. The molecule has 4 aliphatic carbocycles. The molecule has 0 amide bonds. The molecule has 0 aromatic carbocycles. The molecule has 23 heavy (non-hydrogen) atoms. The number of carbonyl (C=O) groups excluding carboxylic acids is 2. The molecule has 0 heterocycles. The number of fused-ring (bicyclic) bond motifs is 5. The lowest BCUT2D eigenvalue weighted by molar-refractivity contribution is -0.153. The van der Waals surface area contributed by atoms with Gasteiger partial charge in [-0.1, -0.05) is 6.92 Å². The van der Waals surface area contributed by atoms with Crippen molar-refractivity contribution in [2.75, 3.05) is 0 Å². The number of aliphatic hydroxyl groups excluding tert-OH is 1. The zero-order valence-electron chi connectivity index (χ0n) is 13.8. The molecule has 4 heteroatoms. The average molecular weight is 320 g/mol. The minimum absolute atomic E-state index is 0.0239. The molecule has 4 aliphatic rings. The number of rotatable bonds is 0. The van der Waals surface area contributed by atoms with Crippen LogP contribution in [0.1, 0.15) is 52.4 Å². The molecule has 0 saturated heterocycles. The van der Waals surface area contributed by atoms with Gasteiger partial charge in [0, 0.05) is 12.8 Å². The molecule has 3 nitrogen and oxygen atoms in total. The van der Waals surface area contributed by atoms with Crippen molar-refractivity contribution in [3.63, 3.8) is 0 Å². The Balaban J connectivity index is 1.78. The minimum Gasteiger partial charge on any atom is -0.392 e. The Bertz CT molecular complexity index is 612. The second-order valence-electron chi connectivity index (χ2n) is 8.56. The van der Waals surface area contributed by atoms with Crippen LogP contribution in [-0.4, -0.2) is 28.9 Å². The van der Waals surface area contributed by atoms with Crippen LogP contribution in [0, 0.1) is 28.6 Å². The van der Waals surface area contributed by atoms with Crippen molar-refractivity contribution < 1.29 is 19.1 Å². The average Bonchev–Trinajstić information content (AvgIpc) is 2.81. The molecule has 0 unspecified atom stereocenters. The normalized spacial score (nSPS) is 52.5. The van der Waals surface area contributed by atoms with Crippen LogP contribution >= 0.6 is 0 Å². The van der Waals surface area contributed by atoms with Crippen molar-refractivity contribution in [1.82, 2.24) is 0 Å². The number of halogens is 1. The Morgan fingerprint density at radius 3 is 2.65 bits per heavy atom. The standard InChI is InChI=1S/C19H25FO3/c1-18-6-5-10(21)7-14(18)15(20)8-11-12-3-4-16(22)19(12,2)17(23)9-13(11)18/h7,11-13,15,17,23H,3-6,8-9H2,1-2H3/t11-,12-,13-,15-,17+,18+,19-/m0/s1. The molecule has 1 N–H and O–H groups in total. The summed E-state index contributed by atoms with van der Waals surface area (Å²) in [5.41, 5.74) is -0.386. The summed E-state index contributed by atoms with van der Waals surface area (Å²) in [6.45, 7) is 3.96. The van der Waals surface area contributed by atoms with Crippen molar-refractivity contribution in [3.8, 4) is 0 Å². The lowest BCUT2D eigenvalue weighted by atomic mass is 9.46. The van der Waals surface area contributed by atoms with E-state index in [1.807, 2.05) is 6.92 Å². The first-order chi connectivity index (χ1) is 10.8. The molecule has 3 fully saturated rings. The van der Waals surface area contributed by atoms with Gasteiger partial charge in [0.2, 0.25) is 0 Å². The van der Waals surface area contributed by atoms with Crippen molar-refractivity contribution >= 4 is 11.6 Å². The third-order valence-electron chi connectivity index (χ3n) is 7.76. The topological polar surface area (TPSA) is 54.4 Å². The molecule has 126 valence electrons. The van der Waals surface area contributed by atoms with Crippen LogP contribution in [0.3, 0.4) is 0 Å². The summed E-state index contributed by atoms with van der Waals surface area (Å²) in [6, 6.07) is 0. The van der Waals surface area contributed by atoms with Crippen molar-refractivity contribution in [2.24, 2.45) is 28.6 Å². The van der Waals surface area contributed by atoms with Crippen LogP contribution in [0.2, 0.25) is 0 Å². The van der Waals surface area contributed by atoms with Gasteiger partial charge in [-0.15, -0.1) is 0 Å². The summed E-state index contributed by atoms with van der Waals surface area (Å²) < 4.78 is 14.9. The van der Waals surface area contributed by atoms with Gasteiger partial charge in [-0.05, 0) is 67.4 Å². The Morgan fingerprint density at radius 1 is 1.17 bits per heavy atom. The highest BCUT2D eigenvalue weighted by Crippen LogP contribution is 2.64. The van der Waals surface area contributed by atoms with Gasteiger partial charge in [0.1, 0.15) is 12.0 Å². The maximum atomic E-state index is 14.9. The van der Waals surface area contributed by atoms with Crippen molar-refractivity contribution in [3.05, 3.63) is 11.6 Å². The maximum Gasteiger partial charge on any atom is 0.155 e. The number of hydrogen-bond donors (Lipinski definition) is 1. The van der Waals surface area contributed by atoms with E-state index in [9.17, 15) is 19.1 Å². The van der Waals surface area contributed by atoms with E-state index in [1.165, 1.54) is 6.08 Å². The predicted octanol–water partition coefficient (Wildman–Crippen LogP) is 3.01. The fourth-order valence-corrected chi connectivity index (χ4v) is 6.31. The van der Waals surface area contributed by atoms with Gasteiger partial charge in [0.25, 0.3) is 0 Å². The SMILES string of the molecule is C[C@@]12C(=O)CC[C@H]1[C@@H]1C[C@H](F)C3=CC(=O)CC[C@]3(C)[C@H]1C[C@H]2O. The smallest absolute Gasteiger partial charge is 0.155 e. The van der Waals surface area contributed by atoms with E-state index in [0.717, 1.165) is 6.42 Å². The molecule has 0 bridgehead atoms. The zero-order valence-corrected chi connectivity index (χ0v) is 13.8. The van der Waals surface area contributed by atoms with Crippen LogP contribution in [-0.2, 0) is 9.59 Å². The summed E-state index contributed by atoms with van der Waals surface area (Å²) in [5, 5.41) is 10.8. The molecule has 0 spiro atoms. The fraction of sp³-hybridized carbons (Fsp3) is 0.789. The van der Waals surface area contributed by atoms with Gasteiger partial charge in [0.15, 0.2) is 5.78 Å². The highest BCUT2D eigenvalue weighted by molar-refractivity contribution is 5.92. The number of alkyl halides is 1. The molecular formula is C19H25FO3. The second-order valence-corrected chi connectivity index (χ2v) is 8.56. The summed E-state index contributed by atoms with van der Waals surface area (Å²) in [7, 11) is 0. The number of carbonyl (C=O) groups is 2. The van der Waals surface area contributed by atoms with Crippen molar-refractivity contribution in [1.29, 1.82) is 0 Å². The molecule has 0 aromatic rings.